The van der Waals surface area contributed by atoms with E-state index < -0.39 is 0 Å². The predicted molar refractivity (Wildman–Crippen MR) is 59.7 cm³/mol. The molecule has 0 unspecified atom stereocenters. The number of carbonyl (C=O) groups excluding carboxylic acids is 1. The van der Waals surface area contributed by atoms with Gasteiger partial charge in [0.15, 0.2) is 0 Å². The summed E-state index contributed by atoms with van der Waals surface area (Å²) in [5.74, 6) is -0.0174. The van der Waals surface area contributed by atoms with Crippen molar-refractivity contribution in [3.63, 3.8) is 0 Å². The molecular formula is C11H19N3O2. The molecule has 0 radical (unpaired) electrons. The molecule has 1 aliphatic heterocycles. The highest BCUT2D eigenvalue weighted by molar-refractivity contribution is 5.78. The monoisotopic (exact) mass is 225 g/mol. The Hall–Kier alpha value is -1.12. The van der Waals surface area contributed by atoms with Crippen molar-refractivity contribution in [3.8, 4) is 6.07 Å². The predicted octanol–water partition coefficient (Wildman–Crippen LogP) is 0.125. The molecule has 16 heavy (non-hydrogen) atoms. The van der Waals surface area contributed by atoms with Gasteiger partial charge in [0, 0.05) is 19.1 Å². The summed E-state index contributed by atoms with van der Waals surface area (Å²) in [7, 11) is 0. The van der Waals surface area contributed by atoms with Gasteiger partial charge in [0.25, 0.3) is 0 Å². The van der Waals surface area contributed by atoms with Crippen molar-refractivity contribution in [2.24, 2.45) is 0 Å². The molecule has 2 atom stereocenters. The number of nitrogens with zero attached hydrogens (tertiary/aromatic N) is 2. The van der Waals surface area contributed by atoms with Gasteiger partial charge < -0.3 is 10.1 Å². The maximum atomic E-state index is 11.5. The van der Waals surface area contributed by atoms with Crippen LogP contribution in [0.3, 0.4) is 0 Å². The average molecular weight is 225 g/mol. The van der Waals surface area contributed by atoms with Crippen molar-refractivity contribution in [1.82, 2.24) is 10.2 Å². The van der Waals surface area contributed by atoms with Crippen LogP contribution in [0, 0.1) is 11.3 Å². The Labute approximate surface area is 96.4 Å². The van der Waals surface area contributed by atoms with E-state index in [1.165, 1.54) is 0 Å². The van der Waals surface area contributed by atoms with E-state index in [0.717, 1.165) is 6.54 Å². The van der Waals surface area contributed by atoms with Crippen LogP contribution in [0.15, 0.2) is 0 Å². The second-order valence-electron chi connectivity index (χ2n) is 4.18. The van der Waals surface area contributed by atoms with Crippen LogP contribution in [0.1, 0.15) is 20.3 Å². The van der Waals surface area contributed by atoms with Gasteiger partial charge in [-0.05, 0) is 13.8 Å². The fraction of sp³-hybridized carbons (Fsp3) is 0.818. The Balaban J connectivity index is 2.29. The number of ether oxygens (including phenoxy) is 1. The minimum Gasteiger partial charge on any atom is -0.376 e. The van der Waals surface area contributed by atoms with Gasteiger partial charge >= 0.3 is 0 Å². The van der Waals surface area contributed by atoms with Crippen LogP contribution < -0.4 is 5.32 Å². The van der Waals surface area contributed by atoms with Crippen LogP contribution in [0.4, 0.5) is 0 Å². The SMILES string of the molecule is C[C@@H]1CO[C@@H](C)CN1CC(=O)NCCC#N. The Bertz CT molecular complexity index is 275. The third-order valence-electron chi connectivity index (χ3n) is 2.64. The number of morpholine rings is 1. The van der Waals surface area contributed by atoms with Gasteiger partial charge in [0.05, 0.1) is 31.7 Å². The van der Waals surface area contributed by atoms with E-state index in [4.69, 9.17) is 10.00 Å². The molecule has 0 spiro atoms. The first kappa shape index (κ1) is 12.9. The second-order valence-corrected chi connectivity index (χ2v) is 4.18. The Morgan fingerprint density at radius 3 is 3.06 bits per heavy atom. The normalized spacial score (nSPS) is 26.1. The molecule has 1 saturated heterocycles. The first-order valence-electron chi connectivity index (χ1n) is 5.62. The molecule has 0 aliphatic carbocycles. The summed E-state index contributed by atoms with van der Waals surface area (Å²) in [6.07, 6.45) is 0.545. The fourth-order valence-electron chi connectivity index (χ4n) is 1.69. The van der Waals surface area contributed by atoms with Gasteiger partial charge in [-0.25, -0.2) is 0 Å². The number of hydrogen-bond donors (Lipinski definition) is 1. The van der Waals surface area contributed by atoms with Gasteiger partial charge in [-0.1, -0.05) is 0 Å². The molecule has 1 fully saturated rings. The largest absolute Gasteiger partial charge is 0.376 e. The minimum atomic E-state index is -0.0174. The van der Waals surface area contributed by atoms with Gasteiger partial charge in [-0.2, -0.15) is 5.26 Å². The molecule has 1 amide bonds. The Morgan fingerprint density at radius 2 is 2.38 bits per heavy atom. The summed E-state index contributed by atoms with van der Waals surface area (Å²) in [5, 5.41) is 11.1. The first-order chi connectivity index (χ1) is 7.63. The van der Waals surface area contributed by atoms with Crippen molar-refractivity contribution in [1.29, 1.82) is 5.26 Å². The zero-order valence-corrected chi connectivity index (χ0v) is 9.90. The van der Waals surface area contributed by atoms with Gasteiger partial charge in [-0.15, -0.1) is 0 Å². The highest BCUT2D eigenvalue weighted by Gasteiger charge is 2.24. The quantitative estimate of drug-likeness (QED) is 0.690. The molecule has 0 saturated carbocycles. The minimum absolute atomic E-state index is 0.0174. The van der Waals surface area contributed by atoms with Crippen molar-refractivity contribution in [3.05, 3.63) is 0 Å². The lowest BCUT2D eigenvalue weighted by Gasteiger charge is -2.36. The topological polar surface area (TPSA) is 65.4 Å². The summed E-state index contributed by atoms with van der Waals surface area (Å²) in [4.78, 5) is 13.6. The maximum absolute atomic E-state index is 11.5. The lowest BCUT2D eigenvalue weighted by Crippen LogP contribution is -2.51. The molecule has 5 nitrogen and oxygen atoms in total. The average Bonchev–Trinajstić information content (AvgIpc) is 2.24. The zero-order chi connectivity index (χ0) is 12.0. The van der Waals surface area contributed by atoms with Crippen LogP contribution in [0.2, 0.25) is 0 Å². The van der Waals surface area contributed by atoms with Crippen LogP contribution in [0.5, 0.6) is 0 Å². The van der Waals surface area contributed by atoms with Gasteiger partial charge in [-0.3, -0.25) is 9.69 Å². The van der Waals surface area contributed by atoms with Crippen molar-refractivity contribution < 1.29 is 9.53 Å². The van der Waals surface area contributed by atoms with Gasteiger partial charge in [0.1, 0.15) is 0 Å². The second kappa shape index (κ2) is 6.46. The third kappa shape index (κ3) is 4.17. The molecule has 5 heteroatoms. The zero-order valence-electron chi connectivity index (χ0n) is 9.90. The van der Waals surface area contributed by atoms with Crippen LogP contribution in [0.25, 0.3) is 0 Å². The molecular weight excluding hydrogens is 206 g/mol. The van der Waals surface area contributed by atoms with E-state index in [1.54, 1.807) is 0 Å². The van der Waals surface area contributed by atoms with Crippen LogP contribution in [-0.4, -0.2) is 49.2 Å². The van der Waals surface area contributed by atoms with E-state index in [0.29, 0.717) is 26.1 Å². The lowest BCUT2D eigenvalue weighted by molar-refractivity contribution is -0.125. The fourth-order valence-corrected chi connectivity index (χ4v) is 1.69. The summed E-state index contributed by atoms with van der Waals surface area (Å²) >= 11 is 0. The molecule has 90 valence electrons. The van der Waals surface area contributed by atoms with E-state index in [1.807, 2.05) is 13.0 Å². The van der Waals surface area contributed by atoms with E-state index >= 15 is 0 Å². The maximum Gasteiger partial charge on any atom is 0.234 e. The Kier molecular flexibility index (Phi) is 5.23. The number of hydrogen-bond acceptors (Lipinski definition) is 4. The number of nitriles is 1. The Morgan fingerprint density at radius 1 is 1.62 bits per heavy atom. The lowest BCUT2D eigenvalue weighted by atomic mass is 10.2. The van der Waals surface area contributed by atoms with E-state index in [-0.39, 0.29) is 18.1 Å². The first-order valence-corrected chi connectivity index (χ1v) is 5.62. The molecule has 1 aliphatic rings. The molecule has 1 heterocycles. The molecule has 0 aromatic rings. The third-order valence-corrected chi connectivity index (χ3v) is 2.64. The summed E-state index contributed by atoms with van der Waals surface area (Å²) in [6.45, 7) is 6.34. The number of carbonyl (C=O) groups is 1. The number of nitrogens with one attached hydrogen (secondary N) is 1. The van der Waals surface area contributed by atoms with Crippen LogP contribution >= 0.6 is 0 Å². The van der Waals surface area contributed by atoms with Crippen LogP contribution in [-0.2, 0) is 9.53 Å². The van der Waals surface area contributed by atoms with Crippen molar-refractivity contribution >= 4 is 5.91 Å². The van der Waals surface area contributed by atoms with E-state index in [2.05, 4.69) is 17.1 Å². The highest BCUT2D eigenvalue weighted by atomic mass is 16.5. The van der Waals surface area contributed by atoms with Crippen molar-refractivity contribution in [2.45, 2.75) is 32.4 Å². The summed E-state index contributed by atoms with van der Waals surface area (Å²) in [6, 6.07) is 2.27. The molecule has 0 aromatic heterocycles. The standard InChI is InChI=1S/C11H19N3O2/c1-9-8-16-10(2)6-14(9)7-11(15)13-5-3-4-12/h9-10H,3,5-8H2,1-2H3,(H,13,15)/t9-,10+/m1/s1. The number of amides is 1. The molecule has 1 rings (SSSR count). The number of rotatable bonds is 4. The van der Waals surface area contributed by atoms with E-state index in [9.17, 15) is 4.79 Å². The summed E-state index contributed by atoms with van der Waals surface area (Å²) in [5.41, 5.74) is 0. The summed E-state index contributed by atoms with van der Waals surface area (Å²) < 4.78 is 5.48. The smallest absolute Gasteiger partial charge is 0.234 e. The highest BCUT2D eigenvalue weighted by Crippen LogP contribution is 2.10. The molecule has 0 bridgehead atoms. The molecule has 0 aromatic carbocycles. The van der Waals surface area contributed by atoms with Crippen molar-refractivity contribution in [2.75, 3.05) is 26.2 Å². The molecule has 1 N–H and O–H groups in total. The van der Waals surface area contributed by atoms with Gasteiger partial charge in [0.2, 0.25) is 5.91 Å².